The Hall–Kier alpha value is -3.11. The molecule has 0 saturated carbocycles. The molecule has 35 heavy (non-hydrogen) atoms. The molecule has 0 spiro atoms. The number of para-hydroxylation sites is 1. The van der Waals surface area contributed by atoms with Crippen LogP contribution in [-0.4, -0.2) is 38.5 Å². The first-order valence-electron chi connectivity index (χ1n) is 11.4. The van der Waals surface area contributed by atoms with Crippen LogP contribution in [0, 0.1) is 12.8 Å². The van der Waals surface area contributed by atoms with Gasteiger partial charge in [0.2, 0.25) is 5.91 Å². The first kappa shape index (κ1) is 25.0. The number of carbonyl (C=O) groups excluding carboxylic acids is 1. The number of nitrogens with zero attached hydrogens (tertiary/aromatic N) is 4. The van der Waals surface area contributed by atoms with Gasteiger partial charge in [-0.05, 0) is 55.7 Å². The fourth-order valence-corrected chi connectivity index (χ4v) is 5.30. The second-order valence-corrected chi connectivity index (χ2v) is 10.5. The van der Waals surface area contributed by atoms with E-state index in [1.807, 2.05) is 60.9 Å². The average molecular weight is 512 g/mol. The molecule has 4 rings (SSSR count). The van der Waals surface area contributed by atoms with E-state index in [2.05, 4.69) is 34.3 Å². The van der Waals surface area contributed by atoms with Crippen LogP contribution in [0.25, 0.3) is 10.2 Å². The third-order valence-corrected chi connectivity index (χ3v) is 7.13. The van der Waals surface area contributed by atoms with E-state index in [9.17, 15) is 4.79 Å². The van der Waals surface area contributed by atoms with E-state index < -0.39 is 0 Å². The third-order valence-electron chi connectivity index (χ3n) is 5.23. The van der Waals surface area contributed by atoms with E-state index in [-0.39, 0.29) is 17.8 Å². The molecular formula is C25H29N5O3S2. The van der Waals surface area contributed by atoms with E-state index in [0.717, 1.165) is 39.6 Å². The molecule has 1 unspecified atom stereocenters. The summed E-state index contributed by atoms with van der Waals surface area (Å²) in [4.78, 5) is 17.2. The summed E-state index contributed by atoms with van der Waals surface area (Å²) in [7, 11) is 1.63. The zero-order valence-corrected chi connectivity index (χ0v) is 22.1. The van der Waals surface area contributed by atoms with Crippen LogP contribution in [0.2, 0.25) is 0 Å². The van der Waals surface area contributed by atoms with Crippen molar-refractivity contribution < 1.29 is 14.3 Å². The lowest BCUT2D eigenvalue weighted by Gasteiger charge is -2.18. The normalized spacial score (nSPS) is 12.2. The monoisotopic (exact) mass is 511 g/mol. The van der Waals surface area contributed by atoms with Gasteiger partial charge in [0.25, 0.3) is 0 Å². The molecule has 1 N–H and O–H groups in total. The number of carbonyl (C=O) groups is 1. The molecule has 0 bridgehead atoms. The quantitative estimate of drug-likeness (QED) is 0.272. The summed E-state index contributed by atoms with van der Waals surface area (Å²) in [5.74, 6) is 2.66. The largest absolute Gasteiger partial charge is 0.497 e. The number of anilines is 1. The van der Waals surface area contributed by atoms with Crippen LogP contribution < -0.4 is 14.8 Å². The van der Waals surface area contributed by atoms with E-state index in [4.69, 9.17) is 9.47 Å². The summed E-state index contributed by atoms with van der Waals surface area (Å²) in [6.07, 6.45) is -0.316. The zero-order chi connectivity index (χ0) is 24.9. The number of rotatable bonds is 10. The Balaban J connectivity index is 1.43. The van der Waals surface area contributed by atoms with Crippen LogP contribution in [0.1, 0.15) is 38.3 Å². The van der Waals surface area contributed by atoms with Crippen molar-refractivity contribution in [1.29, 1.82) is 0 Å². The summed E-state index contributed by atoms with van der Waals surface area (Å²) in [5.41, 5.74) is 2.02. The van der Waals surface area contributed by atoms with Crippen molar-refractivity contribution >= 4 is 44.4 Å². The molecule has 10 heteroatoms. The first-order valence-corrected chi connectivity index (χ1v) is 13.2. The highest BCUT2D eigenvalue weighted by molar-refractivity contribution is 7.99. The number of ether oxygens (including phenoxy) is 2. The van der Waals surface area contributed by atoms with Crippen molar-refractivity contribution in [1.82, 2.24) is 19.7 Å². The zero-order valence-electron chi connectivity index (χ0n) is 20.4. The Morgan fingerprint density at radius 2 is 1.86 bits per heavy atom. The fourth-order valence-electron chi connectivity index (χ4n) is 3.58. The highest BCUT2D eigenvalue weighted by atomic mass is 32.2. The maximum Gasteiger partial charge on any atom is 0.236 e. The number of thioether (sulfide) groups is 1. The Kier molecular flexibility index (Phi) is 7.92. The summed E-state index contributed by atoms with van der Waals surface area (Å²) in [5, 5.41) is 13.0. The summed E-state index contributed by atoms with van der Waals surface area (Å²) >= 11 is 2.83. The minimum absolute atomic E-state index is 0.130. The molecule has 0 saturated heterocycles. The lowest BCUT2D eigenvalue weighted by molar-refractivity contribution is -0.113. The van der Waals surface area contributed by atoms with Crippen LogP contribution in [0.5, 0.6) is 11.5 Å². The highest BCUT2D eigenvalue weighted by Gasteiger charge is 2.21. The Morgan fingerprint density at radius 1 is 1.11 bits per heavy atom. The van der Waals surface area contributed by atoms with Gasteiger partial charge in [-0.3, -0.25) is 4.79 Å². The van der Waals surface area contributed by atoms with E-state index >= 15 is 0 Å². The van der Waals surface area contributed by atoms with E-state index in [1.165, 1.54) is 23.1 Å². The second kappa shape index (κ2) is 11.1. The molecule has 0 aliphatic carbocycles. The summed E-state index contributed by atoms with van der Waals surface area (Å²) in [6.45, 7) is 8.95. The summed E-state index contributed by atoms with van der Waals surface area (Å²) < 4.78 is 14.4. The third kappa shape index (κ3) is 6.12. The molecule has 2 aromatic carbocycles. The van der Waals surface area contributed by atoms with Crippen molar-refractivity contribution in [2.24, 2.45) is 5.92 Å². The van der Waals surface area contributed by atoms with Gasteiger partial charge >= 0.3 is 0 Å². The predicted molar refractivity (Wildman–Crippen MR) is 141 cm³/mol. The number of hydrogen-bond acceptors (Lipinski definition) is 8. The van der Waals surface area contributed by atoms with Gasteiger partial charge in [-0.15, -0.1) is 10.2 Å². The highest BCUT2D eigenvalue weighted by Crippen LogP contribution is 2.29. The van der Waals surface area contributed by atoms with Crippen molar-refractivity contribution in [2.75, 3.05) is 18.2 Å². The van der Waals surface area contributed by atoms with Crippen LogP contribution in [-0.2, 0) is 11.3 Å². The van der Waals surface area contributed by atoms with Crippen LogP contribution in [0.15, 0.2) is 47.6 Å². The molecule has 1 atom stereocenters. The molecule has 0 fully saturated rings. The topological polar surface area (TPSA) is 91.2 Å². The molecule has 0 aliphatic rings. The Morgan fingerprint density at radius 3 is 2.54 bits per heavy atom. The number of benzene rings is 2. The van der Waals surface area contributed by atoms with Crippen LogP contribution in [0.4, 0.5) is 5.13 Å². The number of aromatic nitrogens is 4. The van der Waals surface area contributed by atoms with Crippen molar-refractivity contribution in [3.05, 3.63) is 53.9 Å². The van der Waals surface area contributed by atoms with Gasteiger partial charge in [0.1, 0.15) is 11.5 Å². The number of methoxy groups -OCH3 is 1. The molecule has 2 aromatic heterocycles. The van der Waals surface area contributed by atoms with E-state index in [0.29, 0.717) is 16.2 Å². The molecule has 0 aliphatic heterocycles. The lowest BCUT2D eigenvalue weighted by atomic mass is 10.2. The van der Waals surface area contributed by atoms with Gasteiger partial charge in [0.05, 0.1) is 23.1 Å². The first-order chi connectivity index (χ1) is 16.8. The fraction of sp³-hybridized carbons (Fsp3) is 0.360. The van der Waals surface area contributed by atoms with Gasteiger partial charge in [0, 0.05) is 6.54 Å². The molecule has 184 valence electrons. The minimum atomic E-state index is -0.316. The van der Waals surface area contributed by atoms with Crippen LogP contribution in [0.3, 0.4) is 0 Å². The van der Waals surface area contributed by atoms with Crippen molar-refractivity contribution in [3.8, 4) is 11.5 Å². The standard InChI is InChI=1S/C25H29N5O3S2/c1-15(2)13-30-23(17(4)33-19-11-9-18(32-5)10-12-19)28-29-25(30)34-14-21(31)26-24-27-22-16(3)7-6-8-20(22)35-24/h6-12,15,17H,13-14H2,1-5H3,(H,26,27,31). The molecule has 0 radical (unpaired) electrons. The van der Waals surface area contributed by atoms with Gasteiger partial charge in [-0.2, -0.15) is 0 Å². The average Bonchev–Trinajstić information content (AvgIpc) is 3.42. The number of amides is 1. The van der Waals surface area contributed by atoms with Gasteiger partial charge in [-0.1, -0.05) is 49.1 Å². The smallest absolute Gasteiger partial charge is 0.236 e. The van der Waals surface area contributed by atoms with Gasteiger partial charge in [-0.25, -0.2) is 4.98 Å². The second-order valence-electron chi connectivity index (χ2n) is 8.56. The maximum atomic E-state index is 12.7. The number of thiazole rings is 1. The molecular weight excluding hydrogens is 482 g/mol. The Bertz CT molecular complexity index is 1300. The van der Waals surface area contributed by atoms with E-state index in [1.54, 1.807) is 7.11 Å². The number of nitrogens with one attached hydrogen (secondary N) is 1. The SMILES string of the molecule is COc1ccc(OC(C)c2nnc(SCC(=O)Nc3nc4c(C)cccc4s3)n2CC(C)C)cc1. The van der Waals surface area contributed by atoms with Crippen molar-refractivity contribution in [2.45, 2.75) is 45.5 Å². The molecule has 2 heterocycles. The minimum Gasteiger partial charge on any atom is -0.497 e. The molecule has 8 nitrogen and oxygen atoms in total. The predicted octanol–water partition coefficient (Wildman–Crippen LogP) is 5.73. The van der Waals surface area contributed by atoms with Crippen molar-refractivity contribution in [3.63, 3.8) is 0 Å². The van der Waals surface area contributed by atoms with Gasteiger partial charge < -0.3 is 19.4 Å². The number of hydrogen-bond donors (Lipinski definition) is 1. The van der Waals surface area contributed by atoms with Crippen LogP contribution >= 0.6 is 23.1 Å². The molecule has 1 amide bonds. The summed E-state index contributed by atoms with van der Waals surface area (Å²) in [6, 6.07) is 13.5. The number of aryl methyl sites for hydroxylation is 1. The lowest BCUT2D eigenvalue weighted by Crippen LogP contribution is -2.17. The number of fused-ring (bicyclic) bond motifs is 1. The Labute approximate surface area is 213 Å². The maximum absolute atomic E-state index is 12.7. The van der Waals surface area contributed by atoms with Gasteiger partial charge in [0.15, 0.2) is 22.2 Å². The molecule has 4 aromatic rings.